The highest BCUT2D eigenvalue weighted by atomic mass is 16.5. The average Bonchev–Trinajstić information content (AvgIpc) is 2.21. The molecule has 0 aromatic carbocycles. The number of nitrogens with one attached hydrogen (secondary N) is 1. The third-order valence-electron chi connectivity index (χ3n) is 2.17. The van der Waals surface area contributed by atoms with E-state index in [9.17, 15) is 9.59 Å². The highest BCUT2D eigenvalue weighted by Crippen LogP contribution is 2.06. The van der Waals surface area contributed by atoms with Crippen LogP contribution in [-0.2, 0) is 14.3 Å². The molecule has 0 aromatic rings. The van der Waals surface area contributed by atoms with Crippen LogP contribution in [0.15, 0.2) is 0 Å². The number of amides is 2. The lowest BCUT2D eigenvalue weighted by molar-refractivity contribution is -0.131. The van der Waals surface area contributed by atoms with E-state index in [1.54, 1.807) is 4.90 Å². The zero-order valence-electron chi connectivity index (χ0n) is 9.90. The summed E-state index contributed by atoms with van der Waals surface area (Å²) in [5, 5.41) is 0. The fourth-order valence-electron chi connectivity index (χ4n) is 1.41. The SMILES string of the molecule is COCC(C(=O)NN)N(CC(N)=O)C(C)C. The number of hydrogen-bond acceptors (Lipinski definition) is 5. The summed E-state index contributed by atoms with van der Waals surface area (Å²) in [5.74, 6) is 4.17. The molecule has 0 bridgehead atoms. The third-order valence-corrected chi connectivity index (χ3v) is 2.17. The quantitative estimate of drug-likeness (QED) is 0.272. The minimum atomic E-state index is -0.623. The van der Waals surface area contributed by atoms with Crippen LogP contribution in [0.2, 0.25) is 0 Å². The molecule has 2 amide bonds. The number of primary amides is 1. The van der Waals surface area contributed by atoms with Gasteiger partial charge in [0.25, 0.3) is 5.91 Å². The van der Waals surface area contributed by atoms with Crippen molar-refractivity contribution in [1.82, 2.24) is 10.3 Å². The second-order valence-electron chi connectivity index (χ2n) is 3.71. The monoisotopic (exact) mass is 232 g/mol. The smallest absolute Gasteiger partial charge is 0.253 e. The second-order valence-corrected chi connectivity index (χ2v) is 3.71. The summed E-state index contributed by atoms with van der Waals surface area (Å²) in [6.45, 7) is 3.85. The summed E-state index contributed by atoms with van der Waals surface area (Å²) in [7, 11) is 1.47. The summed E-state index contributed by atoms with van der Waals surface area (Å²) in [6, 6.07) is -0.646. The number of nitrogens with zero attached hydrogens (tertiary/aromatic N) is 1. The van der Waals surface area contributed by atoms with Gasteiger partial charge in [-0.3, -0.25) is 19.9 Å². The number of carbonyl (C=O) groups excluding carboxylic acids is 2. The first-order chi connectivity index (χ1) is 7.43. The zero-order valence-corrected chi connectivity index (χ0v) is 9.90. The lowest BCUT2D eigenvalue weighted by atomic mass is 10.2. The predicted molar refractivity (Wildman–Crippen MR) is 59.0 cm³/mol. The van der Waals surface area contributed by atoms with Gasteiger partial charge < -0.3 is 10.5 Å². The predicted octanol–water partition coefficient (Wildman–Crippen LogP) is -1.81. The first-order valence-corrected chi connectivity index (χ1v) is 4.97. The Morgan fingerprint density at radius 3 is 2.31 bits per heavy atom. The number of hydrazine groups is 1. The molecular weight excluding hydrogens is 212 g/mol. The first-order valence-electron chi connectivity index (χ1n) is 4.97. The van der Waals surface area contributed by atoms with E-state index in [0.29, 0.717) is 0 Å². The number of carbonyl (C=O) groups is 2. The van der Waals surface area contributed by atoms with Gasteiger partial charge in [-0.1, -0.05) is 0 Å². The van der Waals surface area contributed by atoms with E-state index >= 15 is 0 Å². The van der Waals surface area contributed by atoms with Gasteiger partial charge in [-0.2, -0.15) is 0 Å². The Bertz CT molecular complexity index is 245. The molecule has 0 saturated carbocycles. The van der Waals surface area contributed by atoms with Crippen molar-refractivity contribution in [2.75, 3.05) is 20.3 Å². The van der Waals surface area contributed by atoms with Crippen LogP contribution in [-0.4, -0.2) is 49.1 Å². The van der Waals surface area contributed by atoms with Gasteiger partial charge in [-0.05, 0) is 13.8 Å². The van der Waals surface area contributed by atoms with Crippen LogP contribution in [0.25, 0.3) is 0 Å². The molecule has 0 aliphatic heterocycles. The normalized spacial score (nSPS) is 12.9. The van der Waals surface area contributed by atoms with E-state index in [2.05, 4.69) is 0 Å². The van der Waals surface area contributed by atoms with Crippen molar-refractivity contribution in [2.45, 2.75) is 25.9 Å². The van der Waals surface area contributed by atoms with Gasteiger partial charge in [0.15, 0.2) is 0 Å². The largest absolute Gasteiger partial charge is 0.383 e. The van der Waals surface area contributed by atoms with Crippen LogP contribution >= 0.6 is 0 Å². The molecule has 7 nitrogen and oxygen atoms in total. The van der Waals surface area contributed by atoms with Gasteiger partial charge >= 0.3 is 0 Å². The molecule has 0 aliphatic carbocycles. The molecule has 5 N–H and O–H groups in total. The van der Waals surface area contributed by atoms with E-state index in [0.717, 1.165) is 0 Å². The summed E-state index contributed by atoms with van der Waals surface area (Å²) in [4.78, 5) is 24.1. The Morgan fingerprint density at radius 1 is 1.44 bits per heavy atom. The lowest BCUT2D eigenvalue weighted by Gasteiger charge is -2.31. The summed E-state index contributed by atoms with van der Waals surface area (Å²) in [5.41, 5.74) is 7.17. The van der Waals surface area contributed by atoms with Gasteiger partial charge in [0.2, 0.25) is 5.91 Å². The molecule has 0 heterocycles. The molecule has 7 heteroatoms. The van der Waals surface area contributed by atoms with E-state index in [4.69, 9.17) is 16.3 Å². The number of nitrogens with two attached hydrogens (primary N) is 2. The topological polar surface area (TPSA) is 111 Å². The molecule has 0 spiro atoms. The van der Waals surface area contributed by atoms with Crippen molar-refractivity contribution in [3.63, 3.8) is 0 Å². The minimum Gasteiger partial charge on any atom is -0.383 e. The Balaban J connectivity index is 4.78. The molecule has 0 rings (SSSR count). The molecule has 94 valence electrons. The molecule has 0 aliphatic rings. The molecule has 0 radical (unpaired) electrons. The van der Waals surface area contributed by atoms with Crippen molar-refractivity contribution in [3.8, 4) is 0 Å². The fraction of sp³-hybridized carbons (Fsp3) is 0.778. The third kappa shape index (κ3) is 4.56. The summed E-state index contributed by atoms with van der Waals surface area (Å²) in [6.07, 6.45) is 0. The lowest BCUT2D eigenvalue weighted by Crippen LogP contribution is -2.55. The highest BCUT2D eigenvalue weighted by Gasteiger charge is 2.28. The van der Waals surface area contributed by atoms with Crippen LogP contribution in [0.1, 0.15) is 13.8 Å². The summed E-state index contributed by atoms with van der Waals surface area (Å²) < 4.78 is 4.93. The van der Waals surface area contributed by atoms with Gasteiger partial charge in [0, 0.05) is 13.2 Å². The molecule has 0 aromatic heterocycles. The van der Waals surface area contributed by atoms with Crippen molar-refractivity contribution in [3.05, 3.63) is 0 Å². The first kappa shape index (κ1) is 14.8. The zero-order chi connectivity index (χ0) is 12.7. The maximum absolute atomic E-state index is 11.5. The van der Waals surface area contributed by atoms with Gasteiger partial charge in [-0.15, -0.1) is 0 Å². The van der Waals surface area contributed by atoms with Crippen molar-refractivity contribution >= 4 is 11.8 Å². The number of rotatable bonds is 7. The Hall–Kier alpha value is -1.18. The molecule has 1 unspecified atom stereocenters. The molecule has 0 saturated heterocycles. The van der Waals surface area contributed by atoms with E-state index in [1.165, 1.54) is 7.11 Å². The molecule has 1 atom stereocenters. The van der Waals surface area contributed by atoms with Crippen LogP contribution in [0, 0.1) is 0 Å². The van der Waals surface area contributed by atoms with Gasteiger partial charge in [-0.25, -0.2) is 5.84 Å². The van der Waals surface area contributed by atoms with Crippen LogP contribution < -0.4 is 17.0 Å². The number of hydrogen-bond donors (Lipinski definition) is 3. The van der Waals surface area contributed by atoms with Gasteiger partial charge in [0.1, 0.15) is 6.04 Å². The Kier molecular flexibility index (Phi) is 6.63. The standard InChI is InChI=1S/C9H20N4O3/c1-6(2)13(4-8(10)14)7(5-16-3)9(15)12-11/h6-7H,4-5,11H2,1-3H3,(H2,10,14)(H,12,15). The van der Waals surface area contributed by atoms with Crippen LogP contribution in [0.5, 0.6) is 0 Å². The van der Waals surface area contributed by atoms with E-state index < -0.39 is 17.9 Å². The van der Waals surface area contributed by atoms with Crippen molar-refractivity contribution in [1.29, 1.82) is 0 Å². The Morgan fingerprint density at radius 2 is 2.00 bits per heavy atom. The number of methoxy groups -OCH3 is 1. The van der Waals surface area contributed by atoms with Crippen molar-refractivity contribution < 1.29 is 14.3 Å². The average molecular weight is 232 g/mol. The highest BCUT2D eigenvalue weighted by molar-refractivity contribution is 5.83. The minimum absolute atomic E-state index is 0.0148. The van der Waals surface area contributed by atoms with E-state index in [1.807, 2.05) is 19.3 Å². The number of ether oxygens (including phenoxy) is 1. The molecular formula is C9H20N4O3. The van der Waals surface area contributed by atoms with Gasteiger partial charge in [0.05, 0.1) is 13.2 Å². The molecule has 0 fully saturated rings. The second kappa shape index (κ2) is 7.15. The Labute approximate surface area is 95.1 Å². The van der Waals surface area contributed by atoms with Crippen molar-refractivity contribution in [2.24, 2.45) is 11.6 Å². The maximum Gasteiger partial charge on any atom is 0.253 e. The summed E-state index contributed by atoms with van der Waals surface area (Å²) >= 11 is 0. The van der Waals surface area contributed by atoms with E-state index in [-0.39, 0.29) is 19.2 Å². The fourth-order valence-corrected chi connectivity index (χ4v) is 1.41. The molecule has 16 heavy (non-hydrogen) atoms. The van der Waals surface area contributed by atoms with Crippen LogP contribution in [0.4, 0.5) is 0 Å². The van der Waals surface area contributed by atoms with Crippen LogP contribution in [0.3, 0.4) is 0 Å². The maximum atomic E-state index is 11.5.